The molecule has 0 aliphatic carbocycles. The van der Waals surface area contributed by atoms with Crippen molar-refractivity contribution < 1.29 is 14.3 Å². The van der Waals surface area contributed by atoms with Crippen LogP contribution < -0.4 is 15.8 Å². The summed E-state index contributed by atoms with van der Waals surface area (Å²) in [6.45, 7) is 2.89. The van der Waals surface area contributed by atoms with Gasteiger partial charge in [0.1, 0.15) is 12.4 Å². The van der Waals surface area contributed by atoms with Crippen LogP contribution in [0.4, 0.5) is 5.69 Å². The number of hydrogen-bond donors (Lipinski definition) is 2. The Bertz CT molecular complexity index is 380. The van der Waals surface area contributed by atoms with Gasteiger partial charge in [0.2, 0.25) is 5.91 Å². The number of anilines is 1. The quantitative estimate of drug-likeness (QED) is 0.723. The number of methoxy groups -OCH3 is 1. The molecule has 0 aliphatic heterocycles. The lowest BCUT2D eigenvalue weighted by Gasteiger charge is -2.08. The molecule has 0 aromatic heterocycles. The van der Waals surface area contributed by atoms with Crippen molar-refractivity contribution in [3.63, 3.8) is 0 Å². The number of nitrogen functional groups attached to an aromatic ring is 1. The van der Waals surface area contributed by atoms with E-state index in [4.69, 9.17) is 15.2 Å². The highest BCUT2D eigenvalue weighted by Gasteiger charge is 2.03. The van der Waals surface area contributed by atoms with Crippen LogP contribution in [-0.2, 0) is 16.1 Å². The molecule has 5 heteroatoms. The third kappa shape index (κ3) is 4.32. The molecule has 1 aromatic carbocycles. The maximum Gasteiger partial charge on any atom is 0.246 e. The number of amides is 1. The van der Waals surface area contributed by atoms with Crippen molar-refractivity contribution in [2.45, 2.75) is 13.5 Å². The molecule has 0 fully saturated rings. The lowest BCUT2D eigenvalue weighted by atomic mass is 10.2. The van der Waals surface area contributed by atoms with Crippen LogP contribution in [0, 0.1) is 0 Å². The van der Waals surface area contributed by atoms with Gasteiger partial charge in [0.25, 0.3) is 0 Å². The first kappa shape index (κ1) is 13.3. The number of ether oxygens (including phenoxy) is 2. The molecule has 0 atom stereocenters. The van der Waals surface area contributed by atoms with E-state index >= 15 is 0 Å². The Labute approximate surface area is 101 Å². The highest BCUT2D eigenvalue weighted by Crippen LogP contribution is 2.21. The highest BCUT2D eigenvalue weighted by atomic mass is 16.5. The van der Waals surface area contributed by atoms with Gasteiger partial charge in [-0.3, -0.25) is 4.79 Å². The van der Waals surface area contributed by atoms with Gasteiger partial charge < -0.3 is 20.5 Å². The molecule has 1 amide bonds. The van der Waals surface area contributed by atoms with Crippen molar-refractivity contribution in [3.05, 3.63) is 23.8 Å². The molecule has 1 rings (SSSR count). The van der Waals surface area contributed by atoms with Gasteiger partial charge in [0, 0.05) is 13.2 Å². The summed E-state index contributed by atoms with van der Waals surface area (Å²) in [5, 5.41) is 2.74. The molecular weight excluding hydrogens is 220 g/mol. The van der Waals surface area contributed by atoms with Gasteiger partial charge in [-0.25, -0.2) is 0 Å². The average Bonchev–Trinajstić information content (AvgIpc) is 2.34. The summed E-state index contributed by atoms with van der Waals surface area (Å²) in [5.74, 6) is 0.496. The van der Waals surface area contributed by atoms with Crippen LogP contribution in [0.5, 0.6) is 5.75 Å². The zero-order valence-corrected chi connectivity index (χ0v) is 10.2. The van der Waals surface area contributed by atoms with Crippen molar-refractivity contribution in [1.29, 1.82) is 0 Å². The Balaban J connectivity index is 2.47. The second kappa shape index (κ2) is 6.75. The summed E-state index contributed by atoms with van der Waals surface area (Å²) in [6, 6.07) is 5.41. The van der Waals surface area contributed by atoms with Crippen LogP contribution in [0.25, 0.3) is 0 Å². The normalized spacial score (nSPS) is 10.0. The van der Waals surface area contributed by atoms with Crippen molar-refractivity contribution >= 4 is 11.6 Å². The first-order chi connectivity index (χ1) is 8.17. The van der Waals surface area contributed by atoms with Crippen molar-refractivity contribution in [2.75, 3.05) is 26.1 Å². The SMILES string of the molecule is CCOCC(=O)NCc1ccc(OC)c(N)c1. The van der Waals surface area contributed by atoms with E-state index in [0.29, 0.717) is 24.6 Å². The zero-order valence-electron chi connectivity index (χ0n) is 10.2. The lowest BCUT2D eigenvalue weighted by Crippen LogP contribution is -2.27. The van der Waals surface area contributed by atoms with E-state index < -0.39 is 0 Å². The molecule has 0 saturated heterocycles. The molecule has 17 heavy (non-hydrogen) atoms. The first-order valence-corrected chi connectivity index (χ1v) is 5.44. The predicted octanol–water partition coefficient (Wildman–Crippen LogP) is 0.930. The smallest absolute Gasteiger partial charge is 0.246 e. The number of carbonyl (C=O) groups excluding carboxylic acids is 1. The molecule has 0 bridgehead atoms. The van der Waals surface area contributed by atoms with Gasteiger partial charge in [-0.05, 0) is 24.6 Å². The Morgan fingerprint density at radius 2 is 2.24 bits per heavy atom. The summed E-state index contributed by atoms with van der Waals surface area (Å²) in [4.78, 5) is 11.3. The fourth-order valence-electron chi connectivity index (χ4n) is 1.34. The topological polar surface area (TPSA) is 73.6 Å². The lowest BCUT2D eigenvalue weighted by molar-refractivity contribution is -0.125. The first-order valence-electron chi connectivity index (χ1n) is 5.44. The highest BCUT2D eigenvalue weighted by molar-refractivity contribution is 5.77. The minimum absolute atomic E-state index is 0.0855. The van der Waals surface area contributed by atoms with E-state index in [1.165, 1.54) is 0 Å². The minimum atomic E-state index is -0.138. The number of benzene rings is 1. The number of nitrogens with two attached hydrogens (primary N) is 1. The van der Waals surface area contributed by atoms with Crippen molar-refractivity contribution in [3.8, 4) is 5.75 Å². The molecule has 3 N–H and O–H groups in total. The molecule has 5 nitrogen and oxygen atoms in total. The second-order valence-electron chi connectivity index (χ2n) is 3.49. The van der Waals surface area contributed by atoms with E-state index in [1.54, 1.807) is 19.2 Å². The Morgan fingerprint density at radius 3 is 2.82 bits per heavy atom. The fourth-order valence-corrected chi connectivity index (χ4v) is 1.34. The molecule has 0 saturated carbocycles. The summed E-state index contributed by atoms with van der Waals surface area (Å²) in [5.41, 5.74) is 7.24. The average molecular weight is 238 g/mol. The van der Waals surface area contributed by atoms with Crippen LogP contribution in [0.15, 0.2) is 18.2 Å². The molecule has 0 unspecified atom stereocenters. The van der Waals surface area contributed by atoms with Gasteiger partial charge >= 0.3 is 0 Å². The van der Waals surface area contributed by atoms with E-state index in [-0.39, 0.29) is 12.5 Å². The third-order valence-corrected chi connectivity index (χ3v) is 2.22. The third-order valence-electron chi connectivity index (χ3n) is 2.22. The molecule has 0 heterocycles. The van der Waals surface area contributed by atoms with Crippen LogP contribution in [-0.4, -0.2) is 26.2 Å². The zero-order chi connectivity index (χ0) is 12.7. The predicted molar refractivity (Wildman–Crippen MR) is 65.7 cm³/mol. The van der Waals surface area contributed by atoms with Crippen molar-refractivity contribution in [2.24, 2.45) is 0 Å². The molecule has 1 aromatic rings. The van der Waals surface area contributed by atoms with Gasteiger partial charge in [0.05, 0.1) is 12.8 Å². The molecule has 0 spiro atoms. The van der Waals surface area contributed by atoms with E-state index in [2.05, 4.69) is 5.32 Å². The fraction of sp³-hybridized carbons (Fsp3) is 0.417. The Kier molecular flexibility index (Phi) is 5.29. The standard InChI is InChI=1S/C12H18N2O3/c1-3-17-8-12(15)14-7-9-4-5-11(16-2)10(13)6-9/h4-6H,3,7-8,13H2,1-2H3,(H,14,15). The van der Waals surface area contributed by atoms with Crippen LogP contribution in [0.3, 0.4) is 0 Å². The minimum Gasteiger partial charge on any atom is -0.495 e. The number of hydrogen-bond acceptors (Lipinski definition) is 4. The summed E-state index contributed by atoms with van der Waals surface area (Å²) in [7, 11) is 1.56. The van der Waals surface area contributed by atoms with Gasteiger partial charge in [-0.2, -0.15) is 0 Å². The van der Waals surface area contributed by atoms with Crippen LogP contribution >= 0.6 is 0 Å². The van der Waals surface area contributed by atoms with Gasteiger partial charge in [-0.1, -0.05) is 6.07 Å². The molecule has 0 aliphatic rings. The van der Waals surface area contributed by atoms with E-state index in [0.717, 1.165) is 5.56 Å². The van der Waals surface area contributed by atoms with Crippen molar-refractivity contribution in [1.82, 2.24) is 5.32 Å². The summed E-state index contributed by atoms with van der Waals surface area (Å²) >= 11 is 0. The number of rotatable bonds is 6. The Hall–Kier alpha value is -1.75. The Morgan fingerprint density at radius 1 is 1.47 bits per heavy atom. The number of nitrogens with one attached hydrogen (secondary N) is 1. The summed E-state index contributed by atoms with van der Waals surface area (Å²) < 4.78 is 10.0. The number of carbonyl (C=O) groups is 1. The largest absolute Gasteiger partial charge is 0.495 e. The second-order valence-corrected chi connectivity index (χ2v) is 3.49. The maximum atomic E-state index is 11.3. The maximum absolute atomic E-state index is 11.3. The molecule has 0 radical (unpaired) electrons. The van der Waals surface area contributed by atoms with Crippen LogP contribution in [0.2, 0.25) is 0 Å². The monoisotopic (exact) mass is 238 g/mol. The van der Waals surface area contributed by atoms with E-state index in [9.17, 15) is 4.79 Å². The van der Waals surface area contributed by atoms with E-state index in [1.807, 2.05) is 13.0 Å². The molecular formula is C12H18N2O3. The van der Waals surface area contributed by atoms with Gasteiger partial charge in [0.15, 0.2) is 0 Å². The van der Waals surface area contributed by atoms with Crippen LogP contribution in [0.1, 0.15) is 12.5 Å². The summed E-state index contributed by atoms with van der Waals surface area (Å²) in [6.07, 6.45) is 0. The molecule has 94 valence electrons. The van der Waals surface area contributed by atoms with Gasteiger partial charge in [-0.15, -0.1) is 0 Å².